The molecule has 116 valence electrons. The highest BCUT2D eigenvalue weighted by Crippen LogP contribution is 2.20. The Bertz CT molecular complexity index is 473. The van der Waals surface area contributed by atoms with Crippen LogP contribution in [-0.2, 0) is 4.79 Å². The smallest absolute Gasteiger partial charge is 0.225 e. The number of rotatable bonds is 5. The van der Waals surface area contributed by atoms with Crippen LogP contribution in [0.15, 0.2) is 12.3 Å². The topological polar surface area (TPSA) is 58.1 Å². The van der Waals surface area contributed by atoms with Gasteiger partial charge >= 0.3 is 0 Å². The van der Waals surface area contributed by atoms with E-state index in [4.69, 9.17) is 0 Å². The Morgan fingerprint density at radius 2 is 2.24 bits per heavy atom. The first kappa shape index (κ1) is 15.7. The number of piperidine rings is 1. The molecule has 1 fully saturated rings. The van der Waals surface area contributed by atoms with Crippen LogP contribution in [0.25, 0.3) is 0 Å². The van der Waals surface area contributed by atoms with Gasteiger partial charge in [0, 0.05) is 31.0 Å². The quantitative estimate of drug-likeness (QED) is 0.904. The van der Waals surface area contributed by atoms with E-state index in [1.165, 1.54) is 0 Å². The third-order valence-corrected chi connectivity index (χ3v) is 4.19. The largest absolute Gasteiger partial charge is 0.353 e. The molecule has 0 aromatic carbocycles. The Kier molecular flexibility index (Phi) is 5.53. The number of anilines is 1. The van der Waals surface area contributed by atoms with Gasteiger partial charge < -0.3 is 10.2 Å². The molecule has 1 unspecified atom stereocenters. The standard InChI is InChI=1S/C16H26N4O/c1-4-14(5-2)19-15(21)13-7-6-10-20(11-13)16-17-9-8-12(3)18-16/h8-9,13-14H,4-7,10-11H2,1-3H3,(H,19,21). The summed E-state index contributed by atoms with van der Waals surface area (Å²) in [5, 5.41) is 3.16. The molecule has 1 saturated heterocycles. The van der Waals surface area contributed by atoms with Crippen molar-refractivity contribution >= 4 is 11.9 Å². The molecule has 0 radical (unpaired) electrons. The van der Waals surface area contributed by atoms with Crippen LogP contribution in [0.1, 0.15) is 45.2 Å². The fourth-order valence-electron chi connectivity index (χ4n) is 2.77. The van der Waals surface area contributed by atoms with Crippen LogP contribution in [-0.4, -0.2) is 35.0 Å². The molecule has 2 rings (SSSR count). The fraction of sp³-hybridized carbons (Fsp3) is 0.688. The summed E-state index contributed by atoms with van der Waals surface area (Å²) in [5.41, 5.74) is 0.962. The van der Waals surface area contributed by atoms with Gasteiger partial charge in [0.15, 0.2) is 0 Å². The molecule has 5 heteroatoms. The van der Waals surface area contributed by atoms with Crippen molar-refractivity contribution in [3.8, 4) is 0 Å². The van der Waals surface area contributed by atoms with E-state index in [0.29, 0.717) is 6.04 Å². The van der Waals surface area contributed by atoms with E-state index in [1.54, 1.807) is 6.20 Å². The van der Waals surface area contributed by atoms with Crippen LogP contribution in [0.5, 0.6) is 0 Å². The molecule has 0 saturated carbocycles. The number of aromatic nitrogens is 2. The molecule has 1 N–H and O–H groups in total. The van der Waals surface area contributed by atoms with Crippen LogP contribution in [0.2, 0.25) is 0 Å². The first-order valence-electron chi connectivity index (χ1n) is 7.99. The third-order valence-electron chi connectivity index (χ3n) is 4.19. The van der Waals surface area contributed by atoms with Gasteiger partial charge in [-0.1, -0.05) is 13.8 Å². The summed E-state index contributed by atoms with van der Waals surface area (Å²) in [5.74, 6) is 0.972. The molecular formula is C16H26N4O. The summed E-state index contributed by atoms with van der Waals surface area (Å²) < 4.78 is 0. The van der Waals surface area contributed by atoms with Crippen molar-refractivity contribution in [2.45, 2.75) is 52.5 Å². The second kappa shape index (κ2) is 7.38. The summed E-state index contributed by atoms with van der Waals surface area (Å²) in [7, 11) is 0. The number of nitrogens with one attached hydrogen (secondary N) is 1. The van der Waals surface area contributed by atoms with Crippen LogP contribution < -0.4 is 10.2 Å². The molecule has 2 heterocycles. The van der Waals surface area contributed by atoms with Gasteiger partial charge in [-0.3, -0.25) is 4.79 Å². The summed E-state index contributed by atoms with van der Waals surface area (Å²) in [6.45, 7) is 7.84. The van der Waals surface area contributed by atoms with Gasteiger partial charge in [-0.25, -0.2) is 9.97 Å². The van der Waals surface area contributed by atoms with Crippen molar-refractivity contribution in [3.05, 3.63) is 18.0 Å². The lowest BCUT2D eigenvalue weighted by Gasteiger charge is -2.32. The lowest BCUT2D eigenvalue weighted by Crippen LogP contribution is -2.46. The predicted octanol–water partition coefficient (Wildman–Crippen LogP) is 2.31. The van der Waals surface area contributed by atoms with Gasteiger partial charge in [0.25, 0.3) is 0 Å². The maximum absolute atomic E-state index is 12.4. The maximum Gasteiger partial charge on any atom is 0.225 e. The Hall–Kier alpha value is -1.65. The van der Waals surface area contributed by atoms with Crippen molar-refractivity contribution in [1.82, 2.24) is 15.3 Å². The Morgan fingerprint density at radius 3 is 2.90 bits per heavy atom. The minimum absolute atomic E-state index is 0.0449. The lowest BCUT2D eigenvalue weighted by molar-refractivity contribution is -0.126. The summed E-state index contributed by atoms with van der Waals surface area (Å²) in [4.78, 5) is 23.3. The zero-order chi connectivity index (χ0) is 15.2. The van der Waals surface area contributed by atoms with Gasteiger partial charge in [0.2, 0.25) is 11.9 Å². The Balaban J connectivity index is 1.98. The zero-order valence-corrected chi connectivity index (χ0v) is 13.3. The second-order valence-electron chi connectivity index (χ2n) is 5.81. The molecular weight excluding hydrogens is 264 g/mol. The van der Waals surface area contributed by atoms with Crippen LogP contribution in [0.3, 0.4) is 0 Å². The molecule has 1 aliphatic rings. The van der Waals surface area contributed by atoms with E-state index in [0.717, 1.165) is 50.4 Å². The molecule has 0 bridgehead atoms. The van der Waals surface area contributed by atoms with E-state index in [-0.39, 0.29) is 11.8 Å². The van der Waals surface area contributed by atoms with Gasteiger partial charge in [-0.05, 0) is 38.7 Å². The number of hydrogen-bond acceptors (Lipinski definition) is 4. The molecule has 0 spiro atoms. The molecule has 5 nitrogen and oxygen atoms in total. The van der Waals surface area contributed by atoms with Crippen molar-refractivity contribution in [2.24, 2.45) is 5.92 Å². The number of carbonyl (C=O) groups excluding carboxylic acids is 1. The first-order valence-corrected chi connectivity index (χ1v) is 7.99. The number of hydrogen-bond donors (Lipinski definition) is 1. The normalized spacial score (nSPS) is 18.9. The van der Waals surface area contributed by atoms with E-state index in [2.05, 4.69) is 34.0 Å². The molecule has 1 aromatic rings. The van der Waals surface area contributed by atoms with Crippen LogP contribution >= 0.6 is 0 Å². The first-order chi connectivity index (χ1) is 10.1. The summed E-state index contributed by atoms with van der Waals surface area (Å²) in [6.07, 6.45) is 5.72. The minimum atomic E-state index is 0.0449. The van der Waals surface area contributed by atoms with Crippen LogP contribution in [0, 0.1) is 12.8 Å². The SMILES string of the molecule is CCC(CC)NC(=O)C1CCCN(c2nccc(C)n2)C1. The molecule has 1 aromatic heterocycles. The van der Waals surface area contributed by atoms with Crippen molar-refractivity contribution < 1.29 is 4.79 Å². The molecule has 1 amide bonds. The van der Waals surface area contributed by atoms with E-state index in [1.807, 2.05) is 13.0 Å². The van der Waals surface area contributed by atoms with Crippen molar-refractivity contribution in [1.29, 1.82) is 0 Å². The summed E-state index contributed by atoms with van der Waals surface area (Å²) in [6, 6.07) is 2.19. The van der Waals surface area contributed by atoms with Gasteiger partial charge in [-0.15, -0.1) is 0 Å². The van der Waals surface area contributed by atoms with E-state index < -0.39 is 0 Å². The van der Waals surface area contributed by atoms with Gasteiger partial charge in [0.1, 0.15) is 0 Å². The van der Waals surface area contributed by atoms with Crippen LogP contribution in [0.4, 0.5) is 5.95 Å². The number of nitrogens with zero attached hydrogens (tertiary/aromatic N) is 3. The Morgan fingerprint density at radius 1 is 1.48 bits per heavy atom. The van der Waals surface area contributed by atoms with Crippen molar-refractivity contribution in [2.75, 3.05) is 18.0 Å². The average Bonchev–Trinajstić information content (AvgIpc) is 2.52. The predicted molar refractivity (Wildman–Crippen MR) is 84.2 cm³/mol. The molecule has 1 atom stereocenters. The highest BCUT2D eigenvalue weighted by Gasteiger charge is 2.27. The molecule has 0 aliphatic carbocycles. The average molecular weight is 290 g/mol. The number of amides is 1. The monoisotopic (exact) mass is 290 g/mol. The zero-order valence-electron chi connectivity index (χ0n) is 13.3. The Labute approximate surface area is 127 Å². The third kappa shape index (κ3) is 4.16. The van der Waals surface area contributed by atoms with Crippen molar-refractivity contribution in [3.63, 3.8) is 0 Å². The second-order valence-corrected chi connectivity index (χ2v) is 5.81. The summed E-state index contributed by atoms with van der Waals surface area (Å²) >= 11 is 0. The fourth-order valence-corrected chi connectivity index (χ4v) is 2.77. The maximum atomic E-state index is 12.4. The van der Waals surface area contributed by atoms with E-state index in [9.17, 15) is 4.79 Å². The van der Waals surface area contributed by atoms with Gasteiger partial charge in [0.05, 0.1) is 5.92 Å². The molecule has 21 heavy (non-hydrogen) atoms. The van der Waals surface area contributed by atoms with Gasteiger partial charge in [-0.2, -0.15) is 0 Å². The minimum Gasteiger partial charge on any atom is -0.353 e. The molecule has 1 aliphatic heterocycles. The highest BCUT2D eigenvalue weighted by atomic mass is 16.2. The highest BCUT2D eigenvalue weighted by molar-refractivity contribution is 5.79. The number of aryl methyl sites for hydroxylation is 1. The van der Waals surface area contributed by atoms with E-state index >= 15 is 0 Å². The lowest BCUT2D eigenvalue weighted by atomic mass is 9.96. The number of carbonyl (C=O) groups is 1.